The molecule has 1 aromatic heterocycles. The van der Waals surface area contributed by atoms with E-state index in [1.165, 1.54) is 4.88 Å². The highest BCUT2D eigenvalue weighted by Gasteiger charge is 2.29. The lowest BCUT2D eigenvalue weighted by Gasteiger charge is -2.24. The molecule has 30 heavy (non-hydrogen) atoms. The lowest BCUT2D eigenvalue weighted by atomic mass is 9.94. The zero-order valence-electron chi connectivity index (χ0n) is 16.8. The molecule has 6 heteroatoms. The predicted molar refractivity (Wildman–Crippen MR) is 119 cm³/mol. The molecule has 1 atom stereocenters. The van der Waals surface area contributed by atoms with Crippen LogP contribution in [-0.4, -0.2) is 43.5 Å². The summed E-state index contributed by atoms with van der Waals surface area (Å²) >= 11 is 1.69. The quantitative estimate of drug-likeness (QED) is 0.682. The van der Waals surface area contributed by atoms with Crippen LogP contribution in [0.1, 0.15) is 15.9 Å². The number of carbonyl (C=O) groups excluding carboxylic acids is 2. The van der Waals surface area contributed by atoms with Gasteiger partial charge in [-0.15, -0.1) is 11.3 Å². The van der Waals surface area contributed by atoms with Gasteiger partial charge < -0.3 is 15.0 Å². The van der Waals surface area contributed by atoms with Gasteiger partial charge in [-0.3, -0.25) is 9.59 Å². The number of hydrogen-bond acceptors (Lipinski definition) is 4. The molecule has 0 aliphatic carbocycles. The van der Waals surface area contributed by atoms with Crippen molar-refractivity contribution in [3.63, 3.8) is 0 Å². The van der Waals surface area contributed by atoms with Crippen LogP contribution in [0.3, 0.4) is 0 Å². The predicted octanol–water partition coefficient (Wildman–Crippen LogP) is 3.85. The molecule has 1 saturated heterocycles. The molecule has 2 aromatic carbocycles. The molecule has 0 spiro atoms. The molecule has 1 aliphatic rings. The minimum atomic E-state index is -0.303. The van der Waals surface area contributed by atoms with Crippen molar-refractivity contribution < 1.29 is 14.3 Å². The summed E-state index contributed by atoms with van der Waals surface area (Å²) in [7, 11) is 1.58. The Kier molecular flexibility index (Phi) is 6.14. The molecule has 1 aliphatic heterocycles. The van der Waals surface area contributed by atoms with Crippen molar-refractivity contribution in [1.29, 1.82) is 0 Å². The van der Waals surface area contributed by atoms with Crippen molar-refractivity contribution in [3.05, 3.63) is 77.2 Å². The van der Waals surface area contributed by atoms with Crippen molar-refractivity contribution >= 4 is 23.2 Å². The molecule has 2 heterocycles. The normalized spacial score (nSPS) is 16.6. The van der Waals surface area contributed by atoms with E-state index in [9.17, 15) is 9.59 Å². The van der Waals surface area contributed by atoms with Gasteiger partial charge in [0.1, 0.15) is 5.75 Å². The molecule has 4 rings (SSSR count). The van der Waals surface area contributed by atoms with E-state index in [0.717, 1.165) is 11.1 Å². The van der Waals surface area contributed by atoms with Crippen LogP contribution in [0.15, 0.2) is 66.0 Å². The Morgan fingerprint density at radius 2 is 2.03 bits per heavy atom. The topological polar surface area (TPSA) is 58.6 Å². The van der Waals surface area contributed by atoms with Gasteiger partial charge in [-0.2, -0.15) is 0 Å². The number of ether oxygens (including phenoxy) is 1. The number of nitrogens with one attached hydrogen (secondary N) is 1. The zero-order valence-corrected chi connectivity index (χ0v) is 17.7. The fourth-order valence-corrected chi connectivity index (χ4v) is 4.60. The number of carbonyl (C=O) groups is 2. The van der Waals surface area contributed by atoms with Crippen LogP contribution in [0.25, 0.3) is 10.4 Å². The van der Waals surface area contributed by atoms with Crippen molar-refractivity contribution in [2.45, 2.75) is 6.42 Å². The van der Waals surface area contributed by atoms with Crippen molar-refractivity contribution in [1.82, 2.24) is 10.2 Å². The van der Waals surface area contributed by atoms with Crippen LogP contribution >= 0.6 is 11.3 Å². The van der Waals surface area contributed by atoms with E-state index in [-0.39, 0.29) is 17.7 Å². The van der Waals surface area contributed by atoms with E-state index in [1.54, 1.807) is 35.5 Å². The average molecular weight is 421 g/mol. The number of hydrogen-bond donors (Lipinski definition) is 1. The molecule has 0 radical (unpaired) electrons. The van der Waals surface area contributed by atoms with Gasteiger partial charge in [0.05, 0.1) is 13.0 Å². The van der Waals surface area contributed by atoms with Crippen molar-refractivity contribution in [2.75, 3.05) is 26.7 Å². The zero-order chi connectivity index (χ0) is 20.9. The van der Waals surface area contributed by atoms with Gasteiger partial charge in [0, 0.05) is 30.1 Å². The van der Waals surface area contributed by atoms with Gasteiger partial charge in [-0.05, 0) is 47.2 Å². The van der Waals surface area contributed by atoms with Gasteiger partial charge in [0.15, 0.2) is 0 Å². The summed E-state index contributed by atoms with van der Waals surface area (Å²) in [6.07, 6.45) is 0.585. The van der Waals surface area contributed by atoms with E-state index >= 15 is 0 Å². The van der Waals surface area contributed by atoms with E-state index in [1.807, 2.05) is 30.3 Å². The van der Waals surface area contributed by atoms with Gasteiger partial charge in [0.2, 0.25) is 5.91 Å². The van der Waals surface area contributed by atoms with Crippen LogP contribution in [0, 0.1) is 5.92 Å². The Bertz CT molecular complexity index is 1030. The molecule has 1 fully saturated rings. The lowest BCUT2D eigenvalue weighted by molar-refractivity contribution is -0.124. The Morgan fingerprint density at radius 3 is 2.83 bits per heavy atom. The second kappa shape index (κ2) is 9.13. The molecule has 1 N–H and O–H groups in total. The third-order valence-corrected chi connectivity index (χ3v) is 6.27. The number of methoxy groups -OCH3 is 1. The third kappa shape index (κ3) is 4.39. The molecule has 0 saturated carbocycles. The number of amides is 2. The largest absolute Gasteiger partial charge is 0.497 e. The highest BCUT2D eigenvalue weighted by molar-refractivity contribution is 7.13. The molecule has 2 amide bonds. The first-order valence-corrected chi connectivity index (χ1v) is 10.9. The summed E-state index contributed by atoms with van der Waals surface area (Å²) in [5.74, 6) is 0.258. The van der Waals surface area contributed by atoms with Crippen LogP contribution in [0.5, 0.6) is 5.75 Å². The maximum absolute atomic E-state index is 13.1. The fourth-order valence-electron chi connectivity index (χ4n) is 3.81. The van der Waals surface area contributed by atoms with Gasteiger partial charge >= 0.3 is 0 Å². The standard InChI is InChI=1S/C24H24N2O3S/c1-29-20-8-4-7-18(15-20)24(28)26-12-11-25-23(27)19(16-26)14-17-6-2-3-9-21(17)22-10-5-13-30-22/h2-10,13,15,19H,11-12,14,16H2,1H3,(H,25,27). The maximum atomic E-state index is 13.1. The molecule has 1 unspecified atom stereocenters. The Hall–Kier alpha value is -3.12. The van der Waals surface area contributed by atoms with Crippen molar-refractivity contribution in [2.24, 2.45) is 5.92 Å². The van der Waals surface area contributed by atoms with Gasteiger partial charge in [-0.1, -0.05) is 36.4 Å². The second-order valence-electron chi connectivity index (χ2n) is 7.31. The molecular formula is C24H24N2O3S. The van der Waals surface area contributed by atoms with E-state index in [4.69, 9.17) is 4.74 Å². The summed E-state index contributed by atoms with van der Waals surface area (Å²) < 4.78 is 5.25. The minimum absolute atomic E-state index is 0.00285. The van der Waals surface area contributed by atoms with Gasteiger partial charge in [-0.25, -0.2) is 0 Å². The number of rotatable bonds is 5. The lowest BCUT2D eigenvalue weighted by Crippen LogP contribution is -2.37. The summed E-state index contributed by atoms with van der Waals surface area (Å²) in [4.78, 5) is 28.8. The summed E-state index contributed by atoms with van der Waals surface area (Å²) in [6, 6.07) is 19.5. The molecule has 154 valence electrons. The van der Waals surface area contributed by atoms with E-state index in [0.29, 0.717) is 37.4 Å². The van der Waals surface area contributed by atoms with E-state index in [2.05, 4.69) is 28.9 Å². The van der Waals surface area contributed by atoms with Crippen LogP contribution < -0.4 is 10.1 Å². The maximum Gasteiger partial charge on any atom is 0.254 e. The smallest absolute Gasteiger partial charge is 0.254 e. The second-order valence-corrected chi connectivity index (χ2v) is 8.26. The molecule has 0 bridgehead atoms. The van der Waals surface area contributed by atoms with E-state index < -0.39 is 0 Å². The summed E-state index contributed by atoms with van der Waals surface area (Å²) in [6.45, 7) is 1.34. The fraction of sp³-hybridized carbons (Fsp3) is 0.250. The first-order valence-electron chi connectivity index (χ1n) is 9.98. The highest BCUT2D eigenvalue weighted by Crippen LogP contribution is 2.30. The van der Waals surface area contributed by atoms with Crippen LogP contribution in [0.4, 0.5) is 0 Å². The average Bonchev–Trinajstić information content (AvgIpc) is 3.26. The van der Waals surface area contributed by atoms with Crippen molar-refractivity contribution in [3.8, 4) is 16.2 Å². The number of thiophene rings is 1. The summed E-state index contributed by atoms with van der Waals surface area (Å²) in [5.41, 5.74) is 2.84. The Labute approximate surface area is 180 Å². The van der Waals surface area contributed by atoms with Gasteiger partial charge in [0.25, 0.3) is 5.91 Å². The Balaban J connectivity index is 1.56. The minimum Gasteiger partial charge on any atom is -0.497 e. The molecule has 5 nitrogen and oxygen atoms in total. The van der Waals surface area contributed by atoms with Crippen LogP contribution in [0.2, 0.25) is 0 Å². The number of benzene rings is 2. The first-order chi connectivity index (χ1) is 14.7. The summed E-state index contributed by atoms with van der Waals surface area (Å²) in [5, 5.41) is 5.03. The third-order valence-electron chi connectivity index (χ3n) is 5.37. The molecule has 3 aromatic rings. The molecular weight excluding hydrogens is 396 g/mol. The Morgan fingerprint density at radius 1 is 1.17 bits per heavy atom. The number of nitrogens with zero attached hydrogens (tertiary/aromatic N) is 1. The monoisotopic (exact) mass is 420 g/mol. The van der Waals surface area contributed by atoms with Crippen LogP contribution in [-0.2, 0) is 11.2 Å². The first kappa shape index (κ1) is 20.2. The highest BCUT2D eigenvalue weighted by atomic mass is 32.1. The SMILES string of the molecule is COc1cccc(C(=O)N2CCNC(=O)C(Cc3ccccc3-c3cccs3)C2)c1.